The third kappa shape index (κ3) is 4.15. The van der Waals surface area contributed by atoms with Crippen LogP contribution in [-0.2, 0) is 6.54 Å². The van der Waals surface area contributed by atoms with Gasteiger partial charge in [-0.1, -0.05) is 18.2 Å². The predicted octanol–water partition coefficient (Wildman–Crippen LogP) is 3.38. The fourth-order valence-corrected chi connectivity index (χ4v) is 2.31. The van der Waals surface area contributed by atoms with E-state index < -0.39 is 0 Å². The molecule has 2 N–H and O–H groups in total. The Bertz CT molecular complexity index is 891. The number of aromatic nitrogens is 3. The quantitative estimate of drug-likeness (QED) is 0.672. The maximum absolute atomic E-state index is 13.7. The first-order valence-corrected chi connectivity index (χ1v) is 7.85. The van der Waals surface area contributed by atoms with E-state index in [2.05, 4.69) is 25.8 Å². The molecule has 7 nitrogen and oxygen atoms in total. The Morgan fingerprint density at radius 1 is 1.04 bits per heavy atom. The summed E-state index contributed by atoms with van der Waals surface area (Å²) in [6.07, 6.45) is 1.47. The molecule has 0 unspecified atom stereocenters. The zero-order valence-electron chi connectivity index (χ0n) is 14.4. The minimum Gasteiger partial charge on any atom is -0.493 e. The number of nitrogens with zero attached hydrogens (tertiary/aromatic N) is 3. The van der Waals surface area contributed by atoms with Crippen LogP contribution in [0.15, 0.2) is 48.7 Å². The van der Waals surface area contributed by atoms with Crippen LogP contribution in [0.1, 0.15) is 5.56 Å². The Morgan fingerprint density at radius 3 is 2.62 bits per heavy atom. The molecular formula is C18H18FN5O2. The van der Waals surface area contributed by atoms with E-state index in [1.54, 1.807) is 44.6 Å². The molecule has 1 heterocycles. The molecule has 0 saturated carbocycles. The summed E-state index contributed by atoms with van der Waals surface area (Å²) in [6, 6.07) is 11.9. The minimum atomic E-state index is -0.273. The van der Waals surface area contributed by atoms with E-state index in [0.717, 1.165) is 5.69 Å². The molecule has 0 aliphatic heterocycles. The summed E-state index contributed by atoms with van der Waals surface area (Å²) in [5, 5.41) is 13.9. The zero-order valence-corrected chi connectivity index (χ0v) is 14.4. The Hall–Kier alpha value is -3.42. The Morgan fingerprint density at radius 2 is 1.85 bits per heavy atom. The molecule has 3 rings (SSSR count). The summed E-state index contributed by atoms with van der Waals surface area (Å²) < 4.78 is 24.1. The first-order valence-electron chi connectivity index (χ1n) is 7.85. The van der Waals surface area contributed by atoms with E-state index in [0.29, 0.717) is 35.4 Å². The number of anilines is 3. The molecule has 0 aliphatic rings. The standard InChI is InChI=1S/C18H18FN5O2/c1-25-15-8-7-13(9-16(15)26-2)22-18-23-17(11-21-24-18)20-10-12-5-3-4-6-14(12)19/h3-9,11H,10H2,1-2H3,(H2,20,22,23,24). The van der Waals surface area contributed by atoms with Crippen LogP contribution in [0.2, 0.25) is 0 Å². The second-order valence-corrected chi connectivity index (χ2v) is 5.30. The third-order valence-electron chi connectivity index (χ3n) is 3.62. The summed E-state index contributed by atoms with van der Waals surface area (Å²) in [5.74, 6) is 1.71. The maximum Gasteiger partial charge on any atom is 0.249 e. The number of hydrogen-bond donors (Lipinski definition) is 2. The first kappa shape index (κ1) is 17.4. The molecule has 3 aromatic rings. The topological polar surface area (TPSA) is 81.2 Å². The van der Waals surface area contributed by atoms with E-state index >= 15 is 0 Å². The third-order valence-corrected chi connectivity index (χ3v) is 3.62. The van der Waals surface area contributed by atoms with Gasteiger partial charge in [-0.25, -0.2) is 4.39 Å². The average Bonchev–Trinajstić information content (AvgIpc) is 2.67. The van der Waals surface area contributed by atoms with Crippen molar-refractivity contribution in [3.63, 3.8) is 0 Å². The van der Waals surface area contributed by atoms with Gasteiger partial charge >= 0.3 is 0 Å². The normalized spacial score (nSPS) is 10.3. The highest BCUT2D eigenvalue weighted by molar-refractivity contribution is 5.60. The van der Waals surface area contributed by atoms with Crippen LogP contribution in [-0.4, -0.2) is 29.4 Å². The molecular weight excluding hydrogens is 337 g/mol. The molecule has 0 bridgehead atoms. The van der Waals surface area contributed by atoms with Crippen molar-refractivity contribution in [2.75, 3.05) is 24.9 Å². The van der Waals surface area contributed by atoms with Crippen LogP contribution < -0.4 is 20.1 Å². The molecule has 0 radical (unpaired) electrons. The van der Waals surface area contributed by atoms with Gasteiger partial charge in [-0.05, 0) is 18.2 Å². The first-order chi connectivity index (χ1) is 12.7. The van der Waals surface area contributed by atoms with Crippen molar-refractivity contribution in [2.45, 2.75) is 6.54 Å². The van der Waals surface area contributed by atoms with Gasteiger partial charge in [0, 0.05) is 23.9 Å². The highest BCUT2D eigenvalue weighted by atomic mass is 19.1. The van der Waals surface area contributed by atoms with E-state index in [9.17, 15) is 4.39 Å². The lowest BCUT2D eigenvalue weighted by atomic mass is 10.2. The molecule has 0 spiro atoms. The van der Waals surface area contributed by atoms with Crippen molar-refractivity contribution in [3.8, 4) is 11.5 Å². The second-order valence-electron chi connectivity index (χ2n) is 5.30. The highest BCUT2D eigenvalue weighted by Gasteiger charge is 2.07. The van der Waals surface area contributed by atoms with Crippen molar-refractivity contribution >= 4 is 17.5 Å². The number of halogens is 1. The molecule has 134 valence electrons. The molecule has 0 atom stereocenters. The monoisotopic (exact) mass is 355 g/mol. The van der Waals surface area contributed by atoms with Crippen molar-refractivity contribution in [2.24, 2.45) is 0 Å². The van der Waals surface area contributed by atoms with Gasteiger partial charge in [-0.2, -0.15) is 10.1 Å². The Kier molecular flexibility index (Phi) is 5.43. The number of methoxy groups -OCH3 is 2. The summed E-state index contributed by atoms with van der Waals surface area (Å²) in [5.41, 5.74) is 1.26. The Balaban J connectivity index is 1.70. The van der Waals surface area contributed by atoms with Crippen LogP contribution >= 0.6 is 0 Å². The maximum atomic E-state index is 13.7. The molecule has 2 aromatic carbocycles. The average molecular weight is 355 g/mol. The van der Waals surface area contributed by atoms with Crippen LogP contribution in [0, 0.1) is 5.82 Å². The lowest BCUT2D eigenvalue weighted by Gasteiger charge is -2.11. The van der Waals surface area contributed by atoms with Gasteiger partial charge in [0.25, 0.3) is 0 Å². The molecule has 1 aromatic heterocycles. The van der Waals surface area contributed by atoms with E-state index in [4.69, 9.17) is 9.47 Å². The summed E-state index contributed by atoms with van der Waals surface area (Å²) >= 11 is 0. The van der Waals surface area contributed by atoms with E-state index in [1.165, 1.54) is 12.3 Å². The van der Waals surface area contributed by atoms with Gasteiger partial charge in [0.05, 0.1) is 20.4 Å². The zero-order chi connectivity index (χ0) is 18.4. The largest absolute Gasteiger partial charge is 0.493 e. The summed E-state index contributed by atoms with van der Waals surface area (Å²) in [4.78, 5) is 4.32. The number of hydrogen-bond acceptors (Lipinski definition) is 7. The van der Waals surface area contributed by atoms with Gasteiger partial charge in [0.15, 0.2) is 17.3 Å². The van der Waals surface area contributed by atoms with E-state index in [1.807, 2.05) is 6.07 Å². The van der Waals surface area contributed by atoms with Gasteiger partial charge in [0.2, 0.25) is 5.95 Å². The highest BCUT2D eigenvalue weighted by Crippen LogP contribution is 2.30. The van der Waals surface area contributed by atoms with Gasteiger partial charge in [0.1, 0.15) is 5.82 Å². The van der Waals surface area contributed by atoms with Gasteiger partial charge < -0.3 is 20.1 Å². The van der Waals surface area contributed by atoms with Crippen LogP contribution in [0.3, 0.4) is 0 Å². The molecule has 0 amide bonds. The predicted molar refractivity (Wildman–Crippen MR) is 96.4 cm³/mol. The van der Waals surface area contributed by atoms with Crippen LogP contribution in [0.4, 0.5) is 21.8 Å². The van der Waals surface area contributed by atoms with Gasteiger partial charge in [-0.3, -0.25) is 0 Å². The Labute approximate surface area is 150 Å². The fourth-order valence-electron chi connectivity index (χ4n) is 2.31. The van der Waals surface area contributed by atoms with E-state index in [-0.39, 0.29) is 5.82 Å². The summed E-state index contributed by atoms with van der Waals surface area (Å²) in [7, 11) is 3.13. The number of ether oxygens (including phenoxy) is 2. The van der Waals surface area contributed by atoms with Crippen molar-refractivity contribution < 1.29 is 13.9 Å². The van der Waals surface area contributed by atoms with Crippen molar-refractivity contribution in [1.29, 1.82) is 0 Å². The van der Waals surface area contributed by atoms with Crippen molar-refractivity contribution in [3.05, 3.63) is 60.0 Å². The smallest absolute Gasteiger partial charge is 0.249 e. The summed E-state index contributed by atoms with van der Waals surface area (Å²) in [6.45, 7) is 0.293. The lowest BCUT2D eigenvalue weighted by Crippen LogP contribution is -2.06. The van der Waals surface area contributed by atoms with Crippen LogP contribution in [0.5, 0.6) is 11.5 Å². The number of rotatable bonds is 7. The molecule has 8 heteroatoms. The molecule has 0 saturated heterocycles. The minimum absolute atomic E-state index is 0.273. The van der Waals surface area contributed by atoms with Crippen LogP contribution in [0.25, 0.3) is 0 Å². The number of benzene rings is 2. The molecule has 0 fully saturated rings. The van der Waals surface area contributed by atoms with Gasteiger partial charge in [-0.15, -0.1) is 5.10 Å². The van der Waals surface area contributed by atoms with Crippen molar-refractivity contribution in [1.82, 2.24) is 15.2 Å². The molecule has 0 aliphatic carbocycles. The lowest BCUT2D eigenvalue weighted by molar-refractivity contribution is 0.355. The molecule has 26 heavy (non-hydrogen) atoms. The fraction of sp³-hybridized carbons (Fsp3) is 0.167. The second kappa shape index (κ2) is 8.11. The number of nitrogens with one attached hydrogen (secondary N) is 2. The SMILES string of the molecule is COc1ccc(Nc2nncc(NCc3ccccc3F)n2)cc1OC.